The van der Waals surface area contributed by atoms with Crippen molar-refractivity contribution in [3.05, 3.63) is 17.5 Å². The number of amides is 1. The van der Waals surface area contributed by atoms with Crippen LogP contribution >= 0.6 is 0 Å². The third-order valence-corrected chi connectivity index (χ3v) is 3.59. The van der Waals surface area contributed by atoms with Crippen LogP contribution in [0.4, 0.5) is 0 Å². The van der Waals surface area contributed by atoms with Crippen LogP contribution in [0.3, 0.4) is 0 Å². The molecule has 1 aliphatic heterocycles. The number of nitrogens with one attached hydrogen (secondary N) is 1. The van der Waals surface area contributed by atoms with Gasteiger partial charge in [0.25, 0.3) is 5.91 Å². The van der Waals surface area contributed by atoms with E-state index in [1.807, 2.05) is 22.6 Å². The van der Waals surface area contributed by atoms with E-state index in [9.17, 15) is 4.79 Å². The molecule has 5 heteroatoms. The highest BCUT2D eigenvalue weighted by atomic mass is 16.2. The third kappa shape index (κ3) is 3.03. The van der Waals surface area contributed by atoms with Crippen molar-refractivity contribution in [3.63, 3.8) is 0 Å². The van der Waals surface area contributed by atoms with Crippen molar-refractivity contribution in [1.82, 2.24) is 20.0 Å². The van der Waals surface area contributed by atoms with Gasteiger partial charge in [0.2, 0.25) is 0 Å². The largest absolute Gasteiger partial charge is 0.334 e. The minimum atomic E-state index is -0.105. The fourth-order valence-corrected chi connectivity index (χ4v) is 2.91. The molecule has 0 spiro atoms. The van der Waals surface area contributed by atoms with E-state index in [1.165, 1.54) is 0 Å². The molecule has 1 amide bonds. The smallest absolute Gasteiger partial charge is 0.274 e. The summed E-state index contributed by atoms with van der Waals surface area (Å²) >= 11 is 0. The minimum Gasteiger partial charge on any atom is -0.334 e. The Morgan fingerprint density at radius 2 is 1.85 bits per heavy atom. The van der Waals surface area contributed by atoms with Crippen LogP contribution in [0.5, 0.6) is 0 Å². The van der Waals surface area contributed by atoms with Gasteiger partial charge in [-0.1, -0.05) is 0 Å². The molecule has 2 rings (SSSR count). The highest BCUT2D eigenvalue weighted by Crippen LogP contribution is 2.18. The highest BCUT2D eigenvalue weighted by Gasteiger charge is 2.28. The average molecular weight is 278 g/mol. The first-order chi connectivity index (χ1) is 9.18. The van der Waals surface area contributed by atoms with E-state index in [2.05, 4.69) is 45.0 Å². The first kappa shape index (κ1) is 15.0. The average Bonchev–Trinajstić information content (AvgIpc) is 2.68. The summed E-state index contributed by atoms with van der Waals surface area (Å²) in [5.74, 6) is 0.0382. The third-order valence-electron chi connectivity index (χ3n) is 3.59. The Balaban J connectivity index is 2.21. The van der Waals surface area contributed by atoms with Crippen LogP contribution in [0, 0.1) is 6.92 Å². The Kier molecular flexibility index (Phi) is 3.91. The van der Waals surface area contributed by atoms with Crippen molar-refractivity contribution in [2.75, 3.05) is 13.1 Å². The molecule has 0 unspecified atom stereocenters. The summed E-state index contributed by atoms with van der Waals surface area (Å²) in [7, 11) is 0. The molecule has 5 nitrogen and oxygen atoms in total. The van der Waals surface area contributed by atoms with E-state index in [-0.39, 0.29) is 11.4 Å². The number of hydrogen-bond donors (Lipinski definition) is 1. The molecule has 1 fully saturated rings. The number of aromatic nitrogens is 2. The highest BCUT2D eigenvalue weighted by molar-refractivity contribution is 5.92. The lowest BCUT2D eigenvalue weighted by Gasteiger charge is -2.35. The van der Waals surface area contributed by atoms with Crippen molar-refractivity contribution in [1.29, 1.82) is 0 Å². The molecule has 112 valence electrons. The SMILES string of the molecule is Cc1cc(C(=O)N2C[C@@H](C)N[C@H](C)C2)nn1C(C)(C)C. The number of aryl methyl sites for hydroxylation is 1. The Hall–Kier alpha value is -1.36. The second-order valence-corrected chi connectivity index (χ2v) is 6.93. The van der Waals surface area contributed by atoms with Crippen LogP contribution in [0.15, 0.2) is 6.07 Å². The van der Waals surface area contributed by atoms with E-state index >= 15 is 0 Å². The number of nitrogens with zero attached hydrogens (tertiary/aromatic N) is 3. The van der Waals surface area contributed by atoms with Gasteiger partial charge in [-0.2, -0.15) is 5.10 Å². The normalized spacial score (nSPS) is 24.0. The van der Waals surface area contributed by atoms with Gasteiger partial charge in [-0.3, -0.25) is 9.48 Å². The predicted octanol–water partition coefficient (Wildman–Crippen LogP) is 1.77. The van der Waals surface area contributed by atoms with Crippen molar-refractivity contribution in [3.8, 4) is 0 Å². The van der Waals surface area contributed by atoms with E-state index in [0.717, 1.165) is 18.8 Å². The predicted molar refractivity (Wildman–Crippen MR) is 79.9 cm³/mol. The first-order valence-electron chi connectivity index (χ1n) is 7.31. The quantitative estimate of drug-likeness (QED) is 0.852. The van der Waals surface area contributed by atoms with Crippen LogP contribution in [0.1, 0.15) is 50.8 Å². The maximum atomic E-state index is 12.6. The molecule has 1 N–H and O–H groups in total. The molecule has 0 radical (unpaired) electrons. The molecule has 1 saturated heterocycles. The molecule has 1 aliphatic rings. The van der Waals surface area contributed by atoms with E-state index < -0.39 is 0 Å². The minimum absolute atomic E-state index is 0.0382. The molecular weight excluding hydrogens is 252 g/mol. The lowest BCUT2D eigenvalue weighted by atomic mass is 10.1. The summed E-state index contributed by atoms with van der Waals surface area (Å²) in [6.45, 7) is 14.0. The van der Waals surface area contributed by atoms with Crippen molar-refractivity contribution in [2.24, 2.45) is 0 Å². The summed E-state index contributed by atoms with van der Waals surface area (Å²) in [5.41, 5.74) is 1.47. The van der Waals surface area contributed by atoms with Gasteiger partial charge in [0.1, 0.15) is 0 Å². The van der Waals surface area contributed by atoms with Crippen LogP contribution in [-0.2, 0) is 5.54 Å². The fraction of sp³-hybridized carbons (Fsp3) is 0.733. The Bertz CT molecular complexity index is 490. The van der Waals surface area contributed by atoms with Crippen LogP contribution in [0.25, 0.3) is 0 Å². The van der Waals surface area contributed by atoms with Gasteiger partial charge in [0.15, 0.2) is 5.69 Å². The van der Waals surface area contributed by atoms with Gasteiger partial charge in [0.05, 0.1) is 5.54 Å². The maximum Gasteiger partial charge on any atom is 0.274 e. The summed E-state index contributed by atoms with van der Waals surface area (Å²) < 4.78 is 1.93. The summed E-state index contributed by atoms with van der Waals surface area (Å²) in [4.78, 5) is 14.5. The zero-order chi connectivity index (χ0) is 15.1. The van der Waals surface area contributed by atoms with Gasteiger partial charge >= 0.3 is 0 Å². The maximum absolute atomic E-state index is 12.6. The number of piperazine rings is 1. The molecule has 2 atom stereocenters. The van der Waals surface area contributed by atoms with Gasteiger partial charge in [-0.15, -0.1) is 0 Å². The molecule has 0 saturated carbocycles. The molecular formula is C15H26N4O. The second-order valence-electron chi connectivity index (χ2n) is 6.93. The Morgan fingerprint density at radius 3 is 2.30 bits per heavy atom. The molecule has 0 bridgehead atoms. The standard InChI is InChI=1S/C15H26N4O/c1-10-8-18(9-11(2)16-10)14(20)13-7-12(3)19(17-13)15(4,5)6/h7,10-11,16H,8-9H2,1-6H3/t10-,11-/m1/s1. The number of rotatable bonds is 1. The van der Waals surface area contributed by atoms with E-state index in [4.69, 9.17) is 0 Å². The van der Waals surface area contributed by atoms with Crippen LogP contribution in [0.2, 0.25) is 0 Å². The van der Waals surface area contributed by atoms with Gasteiger partial charge < -0.3 is 10.2 Å². The monoisotopic (exact) mass is 278 g/mol. The van der Waals surface area contributed by atoms with E-state index in [1.54, 1.807) is 0 Å². The molecule has 1 aromatic rings. The van der Waals surface area contributed by atoms with Gasteiger partial charge in [-0.05, 0) is 47.6 Å². The number of carbonyl (C=O) groups is 1. The van der Waals surface area contributed by atoms with Crippen molar-refractivity contribution >= 4 is 5.91 Å². The summed E-state index contributed by atoms with van der Waals surface area (Å²) in [6.07, 6.45) is 0. The van der Waals surface area contributed by atoms with Crippen molar-refractivity contribution in [2.45, 2.75) is 59.2 Å². The van der Waals surface area contributed by atoms with Crippen LogP contribution in [-0.4, -0.2) is 45.8 Å². The summed E-state index contributed by atoms with van der Waals surface area (Å²) in [6, 6.07) is 2.55. The number of carbonyl (C=O) groups excluding carboxylic acids is 1. The zero-order valence-electron chi connectivity index (χ0n) is 13.4. The summed E-state index contributed by atoms with van der Waals surface area (Å²) in [5, 5.41) is 7.95. The lowest BCUT2D eigenvalue weighted by molar-refractivity contribution is 0.0666. The second kappa shape index (κ2) is 5.20. The topological polar surface area (TPSA) is 50.2 Å². The molecule has 20 heavy (non-hydrogen) atoms. The van der Waals surface area contributed by atoms with Crippen molar-refractivity contribution < 1.29 is 4.79 Å². The van der Waals surface area contributed by atoms with Crippen LogP contribution < -0.4 is 5.32 Å². The zero-order valence-corrected chi connectivity index (χ0v) is 13.4. The fourth-order valence-electron chi connectivity index (χ4n) is 2.91. The Morgan fingerprint density at radius 1 is 1.30 bits per heavy atom. The number of hydrogen-bond acceptors (Lipinski definition) is 3. The van der Waals surface area contributed by atoms with E-state index in [0.29, 0.717) is 17.8 Å². The molecule has 0 aliphatic carbocycles. The van der Waals surface area contributed by atoms with Gasteiger partial charge in [0, 0.05) is 30.9 Å². The molecule has 1 aromatic heterocycles. The van der Waals surface area contributed by atoms with Gasteiger partial charge in [-0.25, -0.2) is 0 Å². The molecule has 2 heterocycles. The first-order valence-corrected chi connectivity index (χ1v) is 7.31. The lowest BCUT2D eigenvalue weighted by Crippen LogP contribution is -2.55. The molecule has 0 aromatic carbocycles. The Labute approximate surface area is 121 Å².